The van der Waals surface area contributed by atoms with E-state index in [4.69, 9.17) is 18.4 Å². The molecular formula is C27H36N6O3S. The lowest BCUT2D eigenvalue weighted by Gasteiger charge is -2.20. The number of nitrogens with one attached hydrogen (secondary N) is 3. The quantitative estimate of drug-likeness (QED) is 0.340. The van der Waals surface area contributed by atoms with Crippen molar-refractivity contribution in [2.24, 2.45) is 0 Å². The number of aryl methyl sites for hydroxylation is 1. The fourth-order valence-electron chi connectivity index (χ4n) is 3.72. The standard InChI is InChI=1S/C27H36N6O3S/c1-20-19-28-26(30-21-10-12-23(13-11-21)36-17-16-33-14-5-6-15-33)31-25(20)29-22-8-7-9-24(18-22)37(34,35)32-27(2,3)4/h7-13,18-19,32H,5-6,14-17H2,1-4H3,(H2,28,29,30,31)/i2D3,3D3,4D3,17D. The van der Waals surface area contributed by atoms with Crippen molar-refractivity contribution in [1.29, 1.82) is 0 Å². The summed E-state index contributed by atoms with van der Waals surface area (Å²) in [5, 5.41) is 6.02. The largest absolute Gasteiger partial charge is 0.492 e. The van der Waals surface area contributed by atoms with E-state index in [2.05, 4.69) is 25.5 Å². The van der Waals surface area contributed by atoms with Crippen LogP contribution in [-0.2, 0) is 10.0 Å². The highest BCUT2D eigenvalue weighted by molar-refractivity contribution is 7.89. The number of anilines is 4. The lowest BCUT2D eigenvalue weighted by Crippen LogP contribution is -2.40. The van der Waals surface area contributed by atoms with Crippen LogP contribution in [0.15, 0.2) is 59.6 Å². The van der Waals surface area contributed by atoms with E-state index in [0.29, 0.717) is 23.5 Å². The van der Waals surface area contributed by atoms with Crippen LogP contribution in [0.5, 0.6) is 5.75 Å². The Labute approximate surface area is 233 Å². The van der Waals surface area contributed by atoms with Crippen molar-refractivity contribution in [3.8, 4) is 5.75 Å². The fraction of sp³-hybridized carbons (Fsp3) is 0.407. The van der Waals surface area contributed by atoms with Crippen LogP contribution >= 0.6 is 0 Å². The van der Waals surface area contributed by atoms with Gasteiger partial charge in [0, 0.05) is 47.6 Å². The van der Waals surface area contributed by atoms with Gasteiger partial charge in [-0.2, -0.15) is 4.98 Å². The number of ether oxygens (including phenoxy) is 1. The molecule has 1 aliphatic rings. The third-order valence-corrected chi connectivity index (χ3v) is 6.98. The Morgan fingerprint density at radius 2 is 1.84 bits per heavy atom. The smallest absolute Gasteiger partial charge is 0.241 e. The van der Waals surface area contributed by atoms with Gasteiger partial charge in [-0.3, -0.25) is 4.90 Å². The molecule has 2 aromatic carbocycles. The Balaban J connectivity index is 1.50. The predicted molar refractivity (Wildman–Crippen MR) is 147 cm³/mol. The molecule has 1 saturated heterocycles. The molecule has 1 fully saturated rings. The third kappa shape index (κ3) is 7.88. The van der Waals surface area contributed by atoms with Crippen molar-refractivity contribution in [1.82, 2.24) is 19.6 Å². The maximum atomic E-state index is 13.3. The molecule has 0 radical (unpaired) electrons. The summed E-state index contributed by atoms with van der Waals surface area (Å²) in [6.45, 7) is -7.82. The Morgan fingerprint density at radius 3 is 2.57 bits per heavy atom. The Bertz CT molecular complexity index is 1610. The van der Waals surface area contributed by atoms with E-state index in [-0.39, 0.29) is 17.5 Å². The predicted octanol–water partition coefficient (Wildman–Crippen LogP) is 4.82. The molecule has 1 unspecified atom stereocenters. The first-order valence-corrected chi connectivity index (χ1v) is 13.1. The maximum Gasteiger partial charge on any atom is 0.241 e. The molecular weight excluding hydrogens is 488 g/mol. The van der Waals surface area contributed by atoms with Gasteiger partial charge in [0.05, 0.1) is 6.27 Å². The van der Waals surface area contributed by atoms with Gasteiger partial charge < -0.3 is 15.4 Å². The van der Waals surface area contributed by atoms with E-state index in [0.717, 1.165) is 38.1 Å². The van der Waals surface area contributed by atoms with Crippen LogP contribution in [0.25, 0.3) is 0 Å². The molecule has 4 rings (SSSR count). The zero-order valence-electron chi connectivity index (χ0n) is 30.3. The molecule has 3 aromatic rings. The van der Waals surface area contributed by atoms with Crippen LogP contribution in [-0.4, -0.2) is 55.0 Å². The Hall–Kier alpha value is -3.21. The first-order valence-electron chi connectivity index (χ1n) is 16.7. The van der Waals surface area contributed by atoms with Gasteiger partial charge in [0.15, 0.2) is 0 Å². The molecule has 0 bridgehead atoms. The van der Waals surface area contributed by atoms with Gasteiger partial charge in [0.25, 0.3) is 0 Å². The maximum absolute atomic E-state index is 13.3. The molecule has 0 saturated carbocycles. The number of likely N-dealkylation sites (tertiary alicyclic amines) is 1. The molecule has 0 amide bonds. The van der Waals surface area contributed by atoms with Crippen LogP contribution in [0.3, 0.4) is 0 Å². The van der Waals surface area contributed by atoms with Crippen LogP contribution in [0, 0.1) is 6.92 Å². The van der Waals surface area contributed by atoms with Gasteiger partial charge in [-0.25, -0.2) is 18.1 Å². The molecule has 0 aliphatic carbocycles. The second kappa shape index (κ2) is 11.5. The van der Waals surface area contributed by atoms with E-state index < -0.39 is 47.6 Å². The first kappa shape index (κ1) is 16.6. The zero-order chi connectivity index (χ0) is 34.8. The van der Waals surface area contributed by atoms with Gasteiger partial charge in [-0.1, -0.05) is 6.07 Å². The third-order valence-electron chi connectivity index (χ3n) is 5.53. The lowest BCUT2D eigenvalue weighted by atomic mass is 10.1. The Morgan fingerprint density at radius 1 is 1.08 bits per heavy atom. The number of hydrogen-bond donors (Lipinski definition) is 3. The molecule has 0 spiro atoms. The second-order valence-corrected chi connectivity index (χ2v) is 10.4. The van der Waals surface area contributed by atoms with Crippen molar-refractivity contribution in [3.05, 3.63) is 60.3 Å². The number of benzene rings is 2. The minimum absolute atomic E-state index is 0.170. The highest BCUT2D eigenvalue weighted by Crippen LogP contribution is 2.24. The molecule has 1 aliphatic heterocycles. The summed E-state index contributed by atoms with van der Waals surface area (Å²) < 4.78 is 112. The number of nitrogens with zero attached hydrogens (tertiary/aromatic N) is 3. The van der Waals surface area contributed by atoms with E-state index in [1.807, 2.05) is 0 Å². The number of rotatable bonds is 10. The molecule has 1 aromatic heterocycles. The van der Waals surface area contributed by atoms with Crippen LogP contribution in [0.2, 0.25) is 0 Å². The molecule has 10 heteroatoms. The van der Waals surface area contributed by atoms with Crippen molar-refractivity contribution >= 4 is 33.2 Å². The van der Waals surface area contributed by atoms with E-state index in [1.54, 1.807) is 31.2 Å². The first-order chi connectivity index (χ1) is 21.7. The normalized spacial score (nSPS) is 20.4. The van der Waals surface area contributed by atoms with Gasteiger partial charge in [-0.05, 0) is 95.9 Å². The highest BCUT2D eigenvalue weighted by atomic mass is 32.2. The lowest BCUT2D eigenvalue weighted by molar-refractivity contribution is 0.238. The topological polar surface area (TPSA) is 108 Å². The summed E-state index contributed by atoms with van der Waals surface area (Å²) in [5.41, 5.74) is -2.40. The molecule has 2 heterocycles. The minimum atomic E-state index is -5.00. The summed E-state index contributed by atoms with van der Waals surface area (Å²) >= 11 is 0. The average molecular weight is 535 g/mol. The average Bonchev–Trinajstić information content (AvgIpc) is 3.46. The number of hydrogen-bond acceptors (Lipinski definition) is 8. The summed E-state index contributed by atoms with van der Waals surface area (Å²) in [4.78, 5) is 10.3. The monoisotopic (exact) mass is 534 g/mol. The highest BCUT2D eigenvalue weighted by Gasteiger charge is 2.22. The zero-order valence-corrected chi connectivity index (χ0v) is 21.1. The second-order valence-electron chi connectivity index (χ2n) is 8.68. The molecule has 9 nitrogen and oxygen atoms in total. The van der Waals surface area contributed by atoms with Crippen LogP contribution < -0.4 is 20.1 Å². The van der Waals surface area contributed by atoms with Gasteiger partial charge in [0.2, 0.25) is 16.0 Å². The summed E-state index contributed by atoms with van der Waals surface area (Å²) in [5.74, 6) is 1.02. The summed E-state index contributed by atoms with van der Waals surface area (Å²) in [7, 11) is -5.00. The van der Waals surface area contributed by atoms with Gasteiger partial charge in [0.1, 0.15) is 18.2 Å². The molecule has 198 valence electrons. The molecule has 3 N–H and O–H groups in total. The van der Waals surface area contributed by atoms with E-state index >= 15 is 0 Å². The van der Waals surface area contributed by atoms with E-state index in [9.17, 15) is 8.42 Å². The molecule has 1 atom stereocenters. The number of sulfonamides is 1. The Kier molecular flexibility index (Phi) is 5.14. The number of aromatic nitrogens is 2. The van der Waals surface area contributed by atoms with Crippen LogP contribution in [0.4, 0.5) is 23.1 Å². The minimum Gasteiger partial charge on any atom is -0.492 e. The summed E-state index contributed by atoms with van der Waals surface area (Å²) in [6, 6.07) is 11.9. The molecule has 37 heavy (non-hydrogen) atoms. The van der Waals surface area contributed by atoms with E-state index in [1.165, 1.54) is 23.1 Å². The summed E-state index contributed by atoms with van der Waals surface area (Å²) in [6.07, 6.45) is 3.79. The van der Waals surface area contributed by atoms with Crippen molar-refractivity contribution < 1.29 is 26.9 Å². The van der Waals surface area contributed by atoms with Crippen LogP contribution in [0.1, 0.15) is 52.7 Å². The fourth-order valence-corrected chi connectivity index (χ4v) is 4.78. The van der Waals surface area contributed by atoms with Crippen molar-refractivity contribution in [2.45, 2.75) is 50.8 Å². The van der Waals surface area contributed by atoms with Crippen molar-refractivity contribution in [3.63, 3.8) is 0 Å². The van der Waals surface area contributed by atoms with Gasteiger partial charge in [-0.15, -0.1) is 0 Å². The van der Waals surface area contributed by atoms with Crippen molar-refractivity contribution in [2.75, 3.05) is 36.9 Å². The van der Waals surface area contributed by atoms with Gasteiger partial charge >= 0.3 is 0 Å². The SMILES string of the molecule is [2H]C(CN1CCCC1)Oc1ccc(Nc2ncc(C)c(Nc3cccc(S(=O)(=O)NC(C([2H])([2H])[2H])(C([2H])([2H])[2H])C([2H])([2H])[2H])c3)n2)cc1.